The average molecular weight is 294 g/mol. The van der Waals surface area contributed by atoms with E-state index < -0.39 is 0 Å². The Balaban J connectivity index is 2.03. The van der Waals surface area contributed by atoms with Crippen molar-refractivity contribution in [2.24, 2.45) is 0 Å². The summed E-state index contributed by atoms with van der Waals surface area (Å²) in [6.07, 6.45) is 3.14. The number of ether oxygens (including phenoxy) is 2. The molecule has 3 nitrogen and oxygen atoms in total. The zero-order chi connectivity index (χ0) is 11.8. The summed E-state index contributed by atoms with van der Waals surface area (Å²) in [6.45, 7) is 9.21. The van der Waals surface area contributed by atoms with Crippen LogP contribution in [-0.4, -0.2) is 55.3 Å². The Morgan fingerprint density at radius 3 is 2.50 bits per heavy atom. The van der Waals surface area contributed by atoms with Crippen molar-refractivity contribution in [1.82, 2.24) is 4.90 Å². The first kappa shape index (κ1) is 14.4. The first-order valence-electron chi connectivity index (χ1n) is 6.24. The lowest BCUT2D eigenvalue weighted by atomic mass is 10.1. The SMILES string of the molecule is CC(C)OCCN1CCC(OCCBr)CC1. The molecule has 0 N–H and O–H groups in total. The highest BCUT2D eigenvalue weighted by Gasteiger charge is 2.18. The average Bonchev–Trinajstić information content (AvgIpc) is 2.27. The molecule has 0 aromatic carbocycles. The summed E-state index contributed by atoms with van der Waals surface area (Å²) in [7, 11) is 0. The second kappa shape index (κ2) is 8.45. The van der Waals surface area contributed by atoms with Gasteiger partial charge >= 0.3 is 0 Å². The van der Waals surface area contributed by atoms with Crippen molar-refractivity contribution in [2.75, 3.05) is 38.2 Å². The van der Waals surface area contributed by atoms with Gasteiger partial charge in [0, 0.05) is 25.0 Å². The fourth-order valence-electron chi connectivity index (χ4n) is 1.93. The number of hydrogen-bond donors (Lipinski definition) is 0. The van der Waals surface area contributed by atoms with E-state index >= 15 is 0 Å². The molecule has 1 saturated heterocycles. The highest BCUT2D eigenvalue weighted by atomic mass is 79.9. The highest BCUT2D eigenvalue weighted by molar-refractivity contribution is 9.09. The molecule has 96 valence electrons. The van der Waals surface area contributed by atoms with Crippen molar-refractivity contribution in [3.8, 4) is 0 Å². The van der Waals surface area contributed by atoms with Crippen LogP contribution in [0.2, 0.25) is 0 Å². The molecule has 0 saturated carbocycles. The molecule has 0 aromatic heterocycles. The first-order valence-corrected chi connectivity index (χ1v) is 7.36. The lowest BCUT2D eigenvalue weighted by Gasteiger charge is -2.31. The third kappa shape index (κ3) is 6.18. The lowest BCUT2D eigenvalue weighted by molar-refractivity contribution is 0.00271. The van der Waals surface area contributed by atoms with Crippen molar-refractivity contribution in [2.45, 2.75) is 38.9 Å². The number of halogens is 1. The third-order valence-electron chi connectivity index (χ3n) is 2.82. The maximum atomic E-state index is 5.72. The van der Waals surface area contributed by atoms with Gasteiger partial charge in [-0.25, -0.2) is 0 Å². The van der Waals surface area contributed by atoms with E-state index in [1.807, 2.05) is 0 Å². The number of piperidine rings is 1. The summed E-state index contributed by atoms with van der Waals surface area (Å²) in [6, 6.07) is 0. The van der Waals surface area contributed by atoms with Gasteiger partial charge in [0.2, 0.25) is 0 Å². The molecule has 0 bridgehead atoms. The third-order valence-corrected chi connectivity index (χ3v) is 3.15. The van der Waals surface area contributed by atoms with E-state index in [2.05, 4.69) is 34.7 Å². The van der Waals surface area contributed by atoms with Gasteiger partial charge < -0.3 is 14.4 Å². The number of hydrogen-bond acceptors (Lipinski definition) is 3. The van der Waals surface area contributed by atoms with Crippen LogP contribution in [0.5, 0.6) is 0 Å². The molecule has 0 amide bonds. The van der Waals surface area contributed by atoms with Gasteiger partial charge in [-0.1, -0.05) is 15.9 Å². The summed E-state index contributed by atoms with van der Waals surface area (Å²) in [5.41, 5.74) is 0. The normalized spacial score (nSPS) is 19.5. The molecule has 1 aliphatic heterocycles. The standard InChI is InChI=1S/C12H24BrNO2/c1-11(2)15-10-8-14-6-3-12(4-7-14)16-9-5-13/h11-12H,3-10H2,1-2H3. The molecule has 0 aromatic rings. The predicted octanol–water partition coefficient (Wildman–Crippen LogP) is 2.29. The molecule has 4 heteroatoms. The number of likely N-dealkylation sites (tertiary alicyclic amines) is 1. The van der Waals surface area contributed by atoms with Crippen molar-refractivity contribution in [3.05, 3.63) is 0 Å². The van der Waals surface area contributed by atoms with Crippen LogP contribution in [0.4, 0.5) is 0 Å². The molecule has 0 spiro atoms. The monoisotopic (exact) mass is 293 g/mol. The van der Waals surface area contributed by atoms with Gasteiger partial charge in [-0.05, 0) is 26.7 Å². The summed E-state index contributed by atoms with van der Waals surface area (Å²) in [4.78, 5) is 2.47. The van der Waals surface area contributed by atoms with E-state index in [-0.39, 0.29) is 0 Å². The summed E-state index contributed by atoms with van der Waals surface area (Å²) in [5, 5.41) is 0.940. The Bertz CT molecular complexity index is 170. The van der Waals surface area contributed by atoms with Crippen molar-refractivity contribution < 1.29 is 9.47 Å². The van der Waals surface area contributed by atoms with Gasteiger partial charge in [0.1, 0.15) is 0 Å². The van der Waals surface area contributed by atoms with Gasteiger partial charge in [0.05, 0.1) is 25.4 Å². The summed E-state index contributed by atoms with van der Waals surface area (Å²) >= 11 is 3.38. The van der Waals surface area contributed by atoms with Gasteiger partial charge in [0.15, 0.2) is 0 Å². The Morgan fingerprint density at radius 2 is 1.94 bits per heavy atom. The zero-order valence-corrected chi connectivity index (χ0v) is 12.0. The molecule has 0 aliphatic carbocycles. The van der Waals surface area contributed by atoms with E-state index in [0.717, 1.165) is 51.0 Å². The van der Waals surface area contributed by atoms with Crippen molar-refractivity contribution >= 4 is 15.9 Å². The fourth-order valence-corrected chi connectivity index (χ4v) is 2.12. The number of alkyl halides is 1. The second-order valence-corrected chi connectivity index (χ2v) is 5.31. The molecule has 1 aliphatic rings. The second-order valence-electron chi connectivity index (χ2n) is 4.52. The van der Waals surface area contributed by atoms with Crippen LogP contribution in [0, 0.1) is 0 Å². The zero-order valence-electron chi connectivity index (χ0n) is 10.5. The van der Waals surface area contributed by atoms with E-state index in [9.17, 15) is 0 Å². The molecular weight excluding hydrogens is 270 g/mol. The lowest BCUT2D eigenvalue weighted by Crippen LogP contribution is -2.39. The van der Waals surface area contributed by atoms with Crippen LogP contribution in [0.3, 0.4) is 0 Å². The molecule has 0 radical (unpaired) electrons. The van der Waals surface area contributed by atoms with Crippen LogP contribution in [0.1, 0.15) is 26.7 Å². The Hall–Kier alpha value is 0.360. The minimum atomic E-state index is 0.347. The first-order chi connectivity index (χ1) is 7.72. The largest absolute Gasteiger partial charge is 0.377 e. The fraction of sp³-hybridized carbons (Fsp3) is 1.00. The molecule has 16 heavy (non-hydrogen) atoms. The van der Waals surface area contributed by atoms with Crippen LogP contribution >= 0.6 is 15.9 Å². The van der Waals surface area contributed by atoms with E-state index in [0.29, 0.717) is 12.2 Å². The van der Waals surface area contributed by atoms with Crippen LogP contribution < -0.4 is 0 Å². The topological polar surface area (TPSA) is 21.7 Å². The minimum absolute atomic E-state index is 0.347. The molecule has 1 rings (SSSR count). The molecule has 0 unspecified atom stereocenters. The van der Waals surface area contributed by atoms with Gasteiger partial charge in [-0.3, -0.25) is 0 Å². The summed E-state index contributed by atoms with van der Waals surface area (Å²) in [5.74, 6) is 0. The van der Waals surface area contributed by atoms with Gasteiger partial charge in [0.25, 0.3) is 0 Å². The maximum Gasteiger partial charge on any atom is 0.0599 e. The van der Waals surface area contributed by atoms with E-state index in [1.165, 1.54) is 0 Å². The molecular formula is C12H24BrNO2. The quantitative estimate of drug-likeness (QED) is 0.672. The molecule has 0 atom stereocenters. The molecule has 1 fully saturated rings. The van der Waals surface area contributed by atoms with E-state index in [4.69, 9.17) is 9.47 Å². The Kier molecular flexibility index (Phi) is 7.62. The van der Waals surface area contributed by atoms with Crippen LogP contribution in [-0.2, 0) is 9.47 Å². The minimum Gasteiger partial charge on any atom is -0.377 e. The number of rotatable bonds is 7. The van der Waals surface area contributed by atoms with Crippen molar-refractivity contribution in [1.29, 1.82) is 0 Å². The Labute approximate surface area is 108 Å². The van der Waals surface area contributed by atoms with Crippen molar-refractivity contribution in [3.63, 3.8) is 0 Å². The highest BCUT2D eigenvalue weighted by Crippen LogP contribution is 2.13. The van der Waals surface area contributed by atoms with Crippen LogP contribution in [0.25, 0.3) is 0 Å². The maximum absolute atomic E-state index is 5.72. The Morgan fingerprint density at radius 1 is 1.25 bits per heavy atom. The predicted molar refractivity (Wildman–Crippen MR) is 70.3 cm³/mol. The summed E-state index contributed by atoms with van der Waals surface area (Å²) < 4.78 is 11.3. The van der Waals surface area contributed by atoms with Crippen LogP contribution in [0.15, 0.2) is 0 Å². The number of nitrogens with zero attached hydrogens (tertiary/aromatic N) is 1. The molecule has 1 heterocycles. The van der Waals surface area contributed by atoms with Gasteiger partial charge in [-0.2, -0.15) is 0 Å². The smallest absolute Gasteiger partial charge is 0.0599 e. The van der Waals surface area contributed by atoms with Gasteiger partial charge in [-0.15, -0.1) is 0 Å². The van der Waals surface area contributed by atoms with E-state index in [1.54, 1.807) is 0 Å².